The molecule has 0 saturated carbocycles. The van der Waals surface area contributed by atoms with Crippen LogP contribution in [-0.2, 0) is 27.5 Å². The van der Waals surface area contributed by atoms with Crippen molar-refractivity contribution >= 4 is 17.4 Å². The van der Waals surface area contributed by atoms with Crippen LogP contribution in [0, 0.1) is 0 Å². The van der Waals surface area contributed by atoms with Gasteiger partial charge in [0.2, 0.25) is 0 Å². The van der Waals surface area contributed by atoms with Gasteiger partial charge in [0.25, 0.3) is 0 Å². The van der Waals surface area contributed by atoms with Crippen LogP contribution in [0.15, 0.2) is 0 Å². The third-order valence-corrected chi connectivity index (χ3v) is 0. The van der Waals surface area contributed by atoms with Crippen LogP contribution in [0.2, 0.25) is 0 Å². The average molecular weight is 155 g/mol. The summed E-state index contributed by atoms with van der Waals surface area (Å²) in [6.07, 6.45) is 0. The summed E-state index contributed by atoms with van der Waals surface area (Å²) in [5.41, 5.74) is 0. The first-order valence-corrected chi connectivity index (χ1v) is 1.21. The normalized spacial score (nSPS) is 0.750. The van der Waals surface area contributed by atoms with E-state index in [1.165, 1.54) is 0 Å². The van der Waals surface area contributed by atoms with Gasteiger partial charge in [0.1, 0.15) is 0 Å². The van der Waals surface area contributed by atoms with Crippen molar-refractivity contribution in [2.24, 2.45) is 0 Å². The van der Waals surface area contributed by atoms with Gasteiger partial charge in [0, 0.05) is 0 Å². The van der Waals surface area contributed by atoms with Gasteiger partial charge in [0.05, 0.1) is 0 Å². The second-order valence-electron chi connectivity index (χ2n) is 0. The van der Waals surface area contributed by atoms with Crippen LogP contribution in [0.3, 0.4) is 0 Å². The first-order chi connectivity index (χ1) is 1.00. The number of hydrogen-bond acceptors (Lipinski definition) is 1. The minimum absolute atomic E-state index is 0. The molecule has 4 heteroatoms. The summed E-state index contributed by atoms with van der Waals surface area (Å²) in [4.78, 5) is 0. The van der Waals surface area contributed by atoms with Crippen LogP contribution < -0.4 is 0 Å². The third-order valence-electron chi connectivity index (χ3n) is 0. The van der Waals surface area contributed by atoms with Gasteiger partial charge >= 0.3 is 27.5 Å². The van der Waals surface area contributed by atoms with Gasteiger partial charge in [-0.15, -0.1) is 0 Å². The molecule has 0 aliphatic carbocycles. The van der Waals surface area contributed by atoms with Crippen molar-refractivity contribution in [3.63, 3.8) is 0 Å². The fourth-order valence-electron chi connectivity index (χ4n) is 0. The molecule has 0 aromatic carbocycles. The Morgan fingerprint density at radius 3 is 1.25 bits per heavy atom. The molecule has 0 atom stereocenters. The molecule has 2 N–H and O–H groups in total. The zero-order chi connectivity index (χ0) is 2.00. The molecule has 4 heavy (non-hydrogen) atoms. The molecule has 0 aliphatic rings. The van der Waals surface area contributed by atoms with Crippen LogP contribution in [0.1, 0.15) is 0 Å². The molecule has 0 rings (SSSR count). The summed E-state index contributed by atoms with van der Waals surface area (Å²) in [6.45, 7) is 0. The topological polar surface area (TPSA) is 48.6 Å². The monoisotopic (exact) mass is 154 g/mol. The van der Waals surface area contributed by atoms with Gasteiger partial charge in [0.15, 0.2) is 17.4 Å². The Morgan fingerprint density at radius 1 is 1.25 bits per heavy atom. The Bertz CT molecular complexity index is 6.00. The second kappa shape index (κ2) is 30.5. The van der Waals surface area contributed by atoms with Crippen LogP contribution in [0.25, 0.3) is 0 Å². The van der Waals surface area contributed by atoms with E-state index in [4.69, 9.17) is 2.81 Å². The molecule has 0 spiro atoms. The molecule has 0 unspecified atom stereocenters. The molecule has 0 aromatic heterocycles. The third kappa shape index (κ3) is 10.9. The Balaban J connectivity index is -0.00000000500. The average Bonchev–Trinajstić information content (AvgIpc) is 1.00. The van der Waals surface area contributed by atoms with E-state index >= 15 is 0 Å². The van der Waals surface area contributed by atoms with Gasteiger partial charge < -0.3 is 5.48 Å². The van der Waals surface area contributed by atoms with Gasteiger partial charge in [-0.1, -0.05) is 0 Å². The predicted molar refractivity (Wildman–Crippen MR) is 14.2 cm³/mol. The summed E-state index contributed by atoms with van der Waals surface area (Å²) in [7, 11) is 0. The fraction of sp³-hybridized carbons (Fsp3) is 0. The molecule has 0 saturated heterocycles. The molecular formula is H5AlO2Zr. The van der Waals surface area contributed by atoms with Gasteiger partial charge in [-0.05, 0) is 0 Å². The summed E-state index contributed by atoms with van der Waals surface area (Å²) in [5.74, 6) is 0. The molecule has 0 heterocycles. The van der Waals surface area contributed by atoms with Crippen LogP contribution in [0.4, 0.5) is 0 Å². The van der Waals surface area contributed by atoms with E-state index in [1.54, 1.807) is 0 Å². The number of rotatable bonds is 0. The van der Waals surface area contributed by atoms with Crippen molar-refractivity contribution in [1.29, 1.82) is 0 Å². The summed E-state index contributed by atoms with van der Waals surface area (Å²) < 4.78 is 8.34. The van der Waals surface area contributed by atoms with Crippen molar-refractivity contribution in [1.82, 2.24) is 0 Å². The van der Waals surface area contributed by atoms with Crippen LogP contribution in [-0.4, -0.2) is 22.8 Å². The number of hydrogen-bond donors (Lipinski definition) is 0. The molecule has 2 nitrogen and oxygen atoms in total. The zero-order valence-corrected chi connectivity index (χ0v) is 3.87. The molecule has 0 fully saturated rings. The summed E-state index contributed by atoms with van der Waals surface area (Å²) in [6, 6.07) is 0. The Hall–Kier alpha value is 1.18. The van der Waals surface area contributed by atoms with E-state index in [0.717, 1.165) is 0 Å². The Labute approximate surface area is 50.3 Å². The fourth-order valence-corrected chi connectivity index (χ4v) is 0. The second-order valence-corrected chi connectivity index (χ2v) is 0. The van der Waals surface area contributed by atoms with E-state index in [0.29, 0.717) is 24.7 Å². The maximum atomic E-state index is 8.34. The van der Waals surface area contributed by atoms with E-state index in [1.807, 2.05) is 0 Å². The van der Waals surface area contributed by atoms with Crippen molar-refractivity contribution in [2.75, 3.05) is 0 Å². The van der Waals surface area contributed by atoms with Crippen LogP contribution >= 0.6 is 0 Å². The van der Waals surface area contributed by atoms with E-state index in [9.17, 15) is 0 Å². The van der Waals surface area contributed by atoms with Crippen molar-refractivity contribution in [3.8, 4) is 0 Å². The van der Waals surface area contributed by atoms with E-state index in [-0.39, 0.29) is 22.8 Å². The molecule has 0 amide bonds. The standard InChI is InChI=1S/Al.H2O.O.Zr.3H/h;1H2;;;;;. The summed E-state index contributed by atoms with van der Waals surface area (Å²) in [5, 5.41) is 0. The first kappa shape index (κ1) is 19.1. The quantitative estimate of drug-likeness (QED) is 0.369. The Kier molecular flexibility index (Phi) is 145. The van der Waals surface area contributed by atoms with Crippen molar-refractivity contribution < 1.29 is 33.0 Å². The van der Waals surface area contributed by atoms with Gasteiger partial charge in [-0.3, -0.25) is 0 Å². The molecular weight excluding hydrogens is 150 g/mol. The van der Waals surface area contributed by atoms with Crippen molar-refractivity contribution in [3.05, 3.63) is 0 Å². The Morgan fingerprint density at radius 2 is 1.25 bits per heavy atom. The van der Waals surface area contributed by atoms with Gasteiger partial charge in [-0.25, -0.2) is 0 Å². The molecule has 0 aliphatic heterocycles. The van der Waals surface area contributed by atoms with Crippen LogP contribution in [0.5, 0.6) is 0 Å². The molecule has 0 radical (unpaired) electrons. The predicted octanol–water partition coefficient (Wildman–Crippen LogP) is -2.13. The molecule has 24 valence electrons. The summed E-state index contributed by atoms with van der Waals surface area (Å²) >= 11 is 0.300. The van der Waals surface area contributed by atoms with Gasteiger partial charge in [-0.2, -0.15) is 0 Å². The van der Waals surface area contributed by atoms with E-state index in [2.05, 4.69) is 0 Å². The minimum atomic E-state index is 0. The molecule has 0 aromatic rings. The van der Waals surface area contributed by atoms with E-state index < -0.39 is 0 Å². The molecule has 0 bridgehead atoms. The zero-order valence-electron chi connectivity index (χ0n) is 1.41. The van der Waals surface area contributed by atoms with Crippen molar-refractivity contribution in [2.45, 2.75) is 0 Å². The SMILES string of the molecule is O.[AlH3].[O]=[Zr]. The maximum absolute atomic E-state index is 8.34. The first-order valence-electron chi connectivity index (χ1n) is 0.204.